The van der Waals surface area contributed by atoms with Gasteiger partial charge < -0.3 is 4.90 Å². The Bertz CT molecular complexity index is 337. The Morgan fingerprint density at radius 1 is 1.18 bits per heavy atom. The lowest BCUT2D eigenvalue weighted by Crippen LogP contribution is -2.48. The minimum Gasteiger partial charge on any atom is -0.330 e. The number of allylic oxidation sites excluding steroid dienone is 1. The minimum atomic E-state index is 0.176. The fourth-order valence-corrected chi connectivity index (χ4v) is 2.26. The van der Waals surface area contributed by atoms with Gasteiger partial charge in [-0.2, -0.15) is 0 Å². The van der Waals surface area contributed by atoms with Gasteiger partial charge >= 0.3 is 0 Å². The molecule has 0 fully saturated rings. The van der Waals surface area contributed by atoms with Crippen molar-refractivity contribution >= 4 is 5.91 Å². The molecule has 0 aromatic heterocycles. The van der Waals surface area contributed by atoms with Crippen molar-refractivity contribution in [1.29, 1.82) is 0 Å². The summed E-state index contributed by atoms with van der Waals surface area (Å²) in [6.45, 7) is 12.7. The Hall–Kier alpha value is -1.05. The molecule has 0 spiro atoms. The van der Waals surface area contributed by atoms with Gasteiger partial charge in [0.1, 0.15) is 0 Å². The van der Waals surface area contributed by atoms with Gasteiger partial charge in [0, 0.05) is 11.6 Å². The third-order valence-corrected chi connectivity index (χ3v) is 3.03. The summed E-state index contributed by atoms with van der Waals surface area (Å²) in [7, 11) is 0. The lowest BCUT2D eigenvalue weighted by atomic mass is 9.93. The van der Waals surface area contributed by atoms with E-state index in [0.717, 1.165) is 5.57 Å². The number of amides is 1. The molecule has 2 nitrogen and oxygen atoms in total. The summed E-state index contributed by atoms with van der Waals surface area (Å²) in [6.07, 6.45) is 6.21. The molecule has 1 unspecified atom stereocenters. The molecule has 0 bridgehead atoms. The minimum absolute atomic E-state index is 0.176. The molecule has 96 valence electrons. The first-order valence-electron chi connectivity index (χ1n) is 6.57. The first-order chi connectivity index (χ1) is 7.84. The highest BCUT2D eigenvalue weighted by molar-refractivity contribution is 5.97. The van der Waals surface area contributed by atoms with E-state index in [1.165, 1.54) is 0 Å². The molecular formula is C15H25NO. The third-order valence-electron chi connectivity index (χ3n) is 3.03. The van der Waals surface area contributed by atoms with E-state index in [1.807, 2.05) is 17.1 Å². The molecule has 17 heavy (non-hydrogen) atoms. The molecule has 0 aromatic rings. The standard InChI is InChI=1S/C15H25NO/c1-10(2)9-13-7-8-14(11(3)4)16(12(5)6)15(13)17/h7-12,14H,1-6H3/b13-9+. The Balaban J connectivity index is 3.08. The summed E-state index contributed by atoms with van der Waals surface area (Å²) >= 11 is 0. The normalized spacial score (nSPS) is 23.6. The van der Waals surface area contributed by atoms with Crippen LogP contribution in [0.2, 0.25) is 0 Å². The largest absolute Gasteiger partial charge is 0.330 e. The van der Waals surface area contributed by atoms with Crippen LogP contribution >= 0.6 is 0 Å². The summed E-state index contributed by atoms with van der Waals surface area (Å²) in [4.78, 5) is 14.4. The Morgan fingerprint density at radius 3 is 2.18 bits per heavy atom. The summed E-state index contributed by atoms with van der Waals surface area (Å²) < 4.78 is 0. The van der Waals surface area contributed by atoms with Crippen LogP contribution in [0.25, 0.3) is 0 Å². The maximum absolute atomic E-state index is 12.4. The predicted octanol–water partition coefficient (Wildman–Crippen LogP) is 3.40. The second kappa shape index (κ2) is 5.52. The molecule has 0 aromatic carbocycles. The second-order valence-electron chi connectivity index (χ2n) is 5.77. The smallest absolute Gasteiger partial charge is 0.254 e. The molecule has 0 saturated heterocycles. The van der Waals surface area contributed by atoms with E-state index in [4.69, 9.17) is 0 Å². The molecule has 0 saturated carbocycles. The molecule has 1 atom stereocenters. The Kier molecular flexibility index (Phi) is 4.55. The first kappa shape index (κ1) is 14.0. The maximum Gasteiger partial charge on any atom is 0.254 e. The molecule has 0 N–H and O–H groups in total. The zero-order valence-electron chi connectivity index (χ0n) is 11.9. The van der Waals surface area contributed by atoms with Crippen LogP contribution in [0.5, 0.6) is 0 Å². The summed E-state index contributed by atoms with van der Waals surface area (Å²) in [5.74, 6) is 1.04. The fourth-order valence-electron chi connectivity index (χ4n) is 2.26. The zero-order valence-corrected chi connectivity index (χ0v) is 11.9. The van der Waals surface area contributed by atoms with Crippen molar-refractivity contribution in [2.75, 3.05) is 0 Å². The van der Waals surface area contributed by atoms with Crippen molar-refractivity contribution in [3.63, 3.8) is 0 Å². The van der Waals surface area contributed by atoms with Crippen molar-refractivity contribution in [3.05, 3.63) is 23.8 Å². The van der Waals surface area contributed by atoms with E-state index >= 15 is 0 Å². The summed E-state index contributed by atoms with van der Waals surface area (Å²) in [6, 6.07) is 0.474. The Labute approximate surface area is 105 Å². The predicted molar refractivity (Wildman–Crippen MR) is 72.7 cm³/mol. The average molecular weight is 235 g/mol. The molecule has 0 aliphatic carbocycles. The fraction of sp³-hybridized carbons (Fsp3) is 0.667. The second-order valence-corrected chi connectivity index (χ2v) is 5.77. The van der Waals surface area contributed by atoms with Crippen molar-refractivity contribution in [2.45, 2.75) is 53.6 Å². The lowest BCUT2D eigenvalue weighted by molar-refractivity contribution is -0.131. The topological polar surface area (TPSA) is 20.3 Å². The molecule has 1 amide bonds. The molecule has 1 heterocycles. The van der Waals surface area contributed by atoms with Crippen molar-refractivity contribution in [2.24, 2.45) is 11.8 Å². The van der Waals surface area contributed by atoms with E-state index in [9.17, 15) is 4.79 Å². The van der Waals surface area contributed by atoms with Crippen LogP contribution in [0.1, 0.15) is 41.5 Å². The van der Waals surface area contributed by atoms with Gasteiger partial charge in [-0.3, -0.25) is 4.79 Å². The van der Waals surface area contributed by atoms with E-state index in [0.29, 0.717) is 11.8 Å². The van der Waals surface area contributed by atoms with E-state index in [-0.39, 0.29) is 18.0 Å². The highest BCUT2D eigenvalue weighted by Gasteiger charge is 2.31. The highest BCUT2D eigenvalue weighted by atomic mass is 16.2. The maximum atomic E-state index is 12.4. The van der Waals surface area contributed by atoms with Crippen LogP contribution in [0.4, 0.5) is 0 Å². The number of carbonyl (C=O) groups excluding carboxylic acids is 1. The number of carbonyl (C=O) groups is 1. The molecule has 1 aliphatic rings. The van der Waals surface area contributed by atoms with Gasteiger partial charge in [0.05, 0.1) is 6.04 Å². The van der Waals surface area contributed by atoms with Crippen molar-refractivity contribution in [3.8, 4) is 0 Å². The number of rotatable bonds is 3. The molecule has 1 aliphatic heterocycles. The van der Waals surface area contributed by atoms with Crippen LogP contribution in [-0.4, -0.2) is 22.9 Å². The third kappa shape index (κ3) is 3.21. The zero-order chi connectivity index (χ0) is 13.2. The molecule has 2 heteroatoms. The van der Waals surface area contributed by atoms with E-state index in [2.05, 4.69) is 47.6 Å². The van der Waals surface area contributed by atoms with Gasteiger partial charge in [0.25, 0.3) is 5.91 Å². The van der Waals surface area contributed by atoms with Gasteiger partial charge in [-0.25, -0.2) is 0 Å². The number of hydrogen-bond acceptors (Lipinski definition) is 1. The van der Waals surface area contributed by atoms with Gasteiger partial charge in [-0.05, 0) is 25.7 Å². The Morgan fingerprint density at radius 2 is 1.76 bits per heavy atom. The number of nitrogens with zero attached hydrogens (tertiary/aromatic N) is 1. The SMILES string of the molecule is CC(C)/C=C1\C=CC(C(C)C)N(C(C)C)C1=O. The van der Waals surface area contributed by atoms with Gasteiger partial charge in [-0.1, -0.05) is 45.9 Å². The van der Waals surface area contributed by atoms with Crippen LogP contribution in [-0.2, 0) is 4.79 Å². The summed E-state index contributed by atoms with van der Waals surface area (Å²) in [5, 5.41) is 0. The van der Waals surface area contributed by atoms with E-state index in [1.54, 1.807) is 0 Å². The average Bonchev–Trinajstić information content (AvgIpc) is 2.19. The van der Waals surface area contributed by atoms with Gasteiger partial charge in [-0.15, -0.1) is 0 Å². The number of hydrogen-bond donors (Lipinski definition) is 0. The lowest BCUT2D eigenvalue weighted by Gasteiger charge is -2.38. The van der Waals surface area contributed by atoms with Crippen LogP contribution in [0.15, 0.2) is 23.8 Å². The van der Waals surface area contributed by atoms with Crippen LogP contribution < -0.4 is 0 Å². The van der Waals surface area contributed by atoms with Gasteiger partial charge in [0.15, 0.2) is 0 Å². The quantitative estimate of drug-likeness (QED) is 0.687. The van der Waals surface area contributed by atoms with Crippen LogP contribution in [0.3, 0.4) is 0 Å². The first-order valence-corrected chi connectivity index (χ1v) is 6.57. The monoisotopic (exact) mass is 235 g/mol. The van der Waals surface area contributed by atoms with Crippen molar-refractivity contribution < 1.29 is 4.79 Å². The van der Waals surface area contributed by atoms with E-state index < -0.39 is 0 Å². The van der Waals surface area contributed by atoms with Crippen LogP contribution in [0, 0.1) is 11.8 Å². The van der Waals surface area contributed by atoms with Crippen molar-refractivity contribution in [1.82, 2.24) is 4.90 Å². The van der Waals surface area contributed by atoms with Gasteiger partial charge in [0.2, 0.25) is 0 Å². The highest BCUT2D eigenvalue weighted by Crippen LogP contribution is 2.24. The molecule has 1 rings (SSSR count). The summed E-state index contributed by atoms with van der Waals surface area (Å²) in [5.41, 5.74) is 0.839. The molecule has 0 radical (unpaired) electrons. The molecular weight excluding hydrogens is 210 g/mol.